The Morgan fingerprint density at radius 3 is 2.81 bits per heavy atom. The summed E-state index contributed by atoms with van der Waals surface area (Å²) in [6.07, 6.45) is 2.44. The topological polar surface area (TPSA) is 52.8 Å². The van der Waals surface area contributed by atoms with Gasteiger partial charge in [-0.2, -0.15) is 0 Å². The van der Waals surface area contributed by atoms with E-state index in [9.17, 15) is 4.79 Å². The zero-order valence-electron chi connectivity index (χ0n) is 11.3. The lowest BCUT2D eigenvalue weighted by atomic mass is 10.1. The third kappa shape index (κ3) is 2.26. The molecule has 0 unspecified atom stereocenters. The highest BCUT2D eigenvalue weighted by molar-refractivity contribution is 7.20. The number of carbonyl (C=O) groups is 1. The third-order valence-electron chi connectivity index (χ3n) is 3.11. The highest BCUT2D eigenvalue weighted by Crippen LogP contribution is 2.36. The van der Waals surface area contributed by atoms with Gasteiger partial charge in [0.2, 0.25) is 0 Å². The Morgan fingerprint density at radius 2 is 2.14 bits per heavy atom. The van der Waals surface area contributed by atoms with Gasteiger partial charge in [0, 0.05) is 11.8 Å². The average molecular weight is 323 g/mol. The standard InChI is InChI=1S/C14H11ClN2O3S/c1-19-8-3-4-11(20-2)9(5-8)13-10(7-18)17-6-12(15)21-14(17)16-13/h3-7H,1-2H3. The molecule has 0 saturated heterocycles. The molecule has 0 aliphatic rings. The Labute approximate surface area is 129 Å². The molecule has 0 aliphatic heterocycles. The third-order valence-corrected chi connectivity index (χ3v) is 4.21. The van der Waals surface area contributed by atoms with Crippen LogP contribution in [0.5, 0.6) is 11.5 Å². The van der Waals surface area contributed by atoms with Gasteiger partial charge >= 0.3 is 0 Å². The van der Waals surface area contributed by atoms with Crippen LogP contribution in [-0.2, 0) is 0 Å². The van der Waals surface area contributed by atoms with E-state index in [4.69, 9.17) is 21.1 Å². The number of nitrogens with zero attached hydrogens (tertiary/aromatic N) is 2. The van der Waals surface area contributed by atoms with Crippen molar-refractivity contribution in [2.45, 2.75) is 0 Å². The maximum absolute atomic E-state index is 11.5. The molecule has 0 fully saturated rings. The van der Waals surface area contributed by atoms with Crippen LogP contribution in [0.3, 0.4) is 0 Å². The highest BCUT2D eigenvalue weighted by Gasteiger charge is 2.19. The van der Waals surface area contributed by atoms with Crippen molar-refractivity contribution >= 4 is 34.2 Å². The number of hydrogen-bond acceptors (Lipinski definition) is 5. The molecule has 0 bridgehead atoms. The van der Waals surface area contributed by atoms with E-state index < -0.39 is 0 Å². The van der Waals surface area contributed by atoms with Crippen molar-refractivity contribution in [2.24, 2.45) is 0 Å². The minimum atomic E-state index is 0.430. The molecule has 108 valence electrons. The van der Waals surface area contributed by atoms with E-state index in [1.165, 1.54) is 11.3 Å². The number of aldehydes is 1. The molecule has 0 aliphatic carbocycles. The zero-order valence-corrected chi connectivity index (χ0v) is 12.9. The molecule has 0 N–H and O–H groups in total. The Kier molecular flexibility index (Phi) is 3.57. The number of ether oxygens (including phenoxy) is 2. The van der Waals surface area contributed by atoms with E-state index >= 15 is 0 Å². The van der Waals surface area contributed by atoms with Crippen molar-refractivity contribution in [1.82, 2.24) is 9.38 Å². The molecule has 0 amide bonds. The lowest BCUT2D eigenvalue weighted by Gasteiger charge is -2.09. The van der Waals surface area contributed by atoms with E-state index in [1.807, 2.05) is 0 Å². The second-order valence-electron chi connectivity index (χ2n) is 4.22. The van der Waals surface area contributed by atoms with E-state index in [2.05, 4.69) is 4.98 Å². The normalized spacial score (nSPS) is 10.8. The summed E-state index contributed by atoms with van der Waals surface area (Å²) in [5.74, 6) is 1.28. The van der Waals surface area contributed by atoms with Gasteiger partial charge in [0.1, 0.15) is 27.2 Å². The molecule has 0 saturated carbocycles. The Balaban J connectivity index is 2.28. The minimum absolute atomic E-state index is 0.430. The van der Waals surface area contributed by atoms with Crippen LogP contribution in [0.2, 0.25) is 4.34 Å². The van der Waals surface area contributed by atoms with Gasteiger partial charge in [-0.1, -0.05) is 22.9 Å². The smallest absolute Gasteiger partial charge is 0.196 e. The number of benzene rings is 1. The van der Waals surface area contributed by atoms with E-state index in [-0.39, 0.29) is 0 Å². The van der Waals surface area contributed by atoms with Crippen molar-refractivity contribution in [3.05, 3.63) is 34.4 Å². The van der Waals surface area contributed by atoms with Gasteiger partial charge in [-0.05, 0) is 18.2 Å². The number of aromatic nitrogens is 2. The molecular formula is C14H11ClN2O3S. The molecule has 2 heterocycles. The van der Waals surface area contributed by atoms with Crippen molar-refractivity contribution in [1.29, 1.82) is 0 Å². The maximum Gasteiger partial charge on any atom is 0.196 e. The molecule has 3 rings (SSSR count). The second kappa shape index (κ2) is 5.38. The number of rotatable bonds is 4. The van der Waals surface area contributed by atoms with Crippen LogP contribution in [0.25, 0.3) is 16.2 Å². The summed E-state index contributed by atoms with van der Waals surface area (Å²) in [5.41, 5.74) is 1.68. The molecular weight excluding hydrogens is 312 g/mol. The zero-order chi connectivity index (χ0) is 15.0. The van der Waals surface area contributed by atoms with Crippen molar-refractivity contribution in [3.63, 3.8) is 0 Å². The number of methoxy groups -OCH3 is 2. The van der Waals surface area contributed by atoms with Gasteiger partial charge in [0.25, 0.3) is 0 Å². The molecule has 0 spiro atoms. The minimum Gasteiger partial charge on any atom is -0.497 e. The first kappa shape index (κ1) is 13.9. The van der Waals surface area contributed by atoms with Crippen LogP contribution in [0.1, 0.15) is 10.5 Å². The molecule has 5 nitrogen and oxygen atoms in total. The first-order chi connectivity index (χ1) is 10.2. The summed E-state index contributed by atoms with van der Waals surface area (Å²) in [7, 11) is 3.15. The van der Waals surface area contributed by atoms with E-state index in [0.717, 1.165) is 6.29 Å². The number of halogens is 1. The predicted octanol–water partition coefficient (Wildman–Crippen LogP) is 3.55. The van der Waals surface area contributed by atoms with Crippen LogP contribution in [0.15, 0.2) is 24.4 Å². The van der Waals surface area contributed by atoms with Crippen LogP contribution < -0.4 is 9.47 Å². The van der Waals surface area contributed by atoms with Gasteiger partial charge in [0.15, 0.2) is 11.2 Å². The van der Waals surface area contributed by atoms with E-state index in [0.29, 0.717) is 37.7 Å². The van der Waals surface area contributed by atoms with Gasteiger partial charge in [0.05, 0.1) is 14.2 Å². The predicted molar refractivity (Wildman–Crippen MR) is 82.0 cm³/mol. The first-order valence-corrected chi connectivity index (χ1v) is 7.22. The highest BCUT2D eigenvalue weighted by atomic mass is 35.5. The largest absolute Gasteiger partial charge is 0.497 e. The van der Waals surface area contributed by atoms with Crippen LogP contribution in [0.4, 0.5) is 0 Å². The molecule has 7 heteroatoms. The quantitative estimate of drug-likeness (QED) is 0.689. The Morgan fingerprint density at radius 1 is 1.33 bits per heavy atom. The van der Waals surface area contributed by atoms with Crippen LogP contribution >= 0.6 is 22.9 Å². The lowest BCUT2D eigenvalue weighted by Crippen LogP contribution is -1.94. The SMILES string of the molecule is COc1ccc(OC)c(-c2nc3sc(Cl)cn3c2C=O)c1. The van der Waals surface area contributed by atoms with Gasteiger partial charge < -0.3 is 9.47 Å². The number of hydrogen-bond donors (Lipinski definition) is 0. The maximum atomic E-state index is 11.5. The van der Waals surface area contributed by atoms with Crippen molar-refractivity contribution in [3.8, 4) is 22.8 Å². The Bertz CT molecular complexity index is 825. The monoisotopic (exact) mass is 322 g/mol. The Hall–Kier alpha value is -2.05. The van der Waals surface area contributed by atoms with Crippen LogP contribution in [-0.4, -0.2) is 29.9 Å². The number of fused-ring (bicyclic) bond motifs is 1. The molecule has 21 heavy (non-hydrogen) atoms. The summed E-state index contributed by atoms with van der Waals surface area (Å²) in [6.45, 7) is 0. The number of imidazole rings is 1. The van der Waals surface area contributed by atoms with Gasteiger partial charge in [-0.15, -0.1) is 0 Å². The van der Waals surface area contributed by atoms with Gasteiger partial charge in [-0.25, -0.2) is 4.98 Å². The number of thiazole rings is 1. The fourth-order valence-electron chi connectivity index (χ4n) is 2.15. The fourth-order valence-corrected chi connectivity index (χ4v) is 3.17. The summed E-state index contributed by atoms with van der Waals surface area (Å²) >= 11 is 7.26. The summed E-state index contributed by atoms with van der Waals surface area (Å²) < 4.78 is 12.8. The van der Waals surface area contributed by atoms with Crippen molar-refractivity contribution in [2.75, 3.05) is 14.2 Å². The van der Waals surface area contributed by atoms with Gasteiger partial charge in [-0.3, -0.25) is 9.20 Å². The summed E-state index contributed by atoms with van der Waals surface area (Å²) in [4.78, 5) is 16.6. The first-order valence-electron chi connectivity index (χ1n) is 6.03. The molecule has 3 aromatic rings. The summed E-state index contributed by atoms with van der Waals surface area (Å²) in [6, 6.07) is 5.36. The summed E-state index contributed by atoms with van der Waals surface area (Å²) in [5, 5.41) is 0. The second-order valence-corrected chi connectivity index (χ2v) is 5.86. The fraction of sp³-hybridized carbons (Fsp3) is 0.143. The molecule has 1 aromatic carbocycles. The molecule has 0 atom stereocenters. The van der Waals surface area contributed by atoms with E-state index in [1.54, 1.807) is 43.0 Å². The van der Waals surface area contributed by atoms with Crippen molar-refractivity contribution < 1.29 is 14.3 Å². The average Bonchev–Trinajstić information content (AvgIpc) is 3.01. The lowest BCUT2D eigenvalue weighted by molar-refractivity contribution is 0.111. The molecule has 2 aromatic heterocycles. The van der Waals surface area contributed by atoms with Crippen LogP contribution in [0, 0.1) is 0 Å². The number of carbonyl (C=O) groups excluding carboxylic acids is 1. The molecule has 0 radical (unpaired) electrons.